The van der Waals surface area contributed by atoms with E-state index in [1.807, 2.05) is 53.0 Å². The normalized spacial score (nSPS) is 19.1. The number of nitrogens with zero attached hydrogens (tertiary/aromatic N) is 3. The van der Waals surface area contributed by atoms with Crippen molar-refractivity contribution in [1.29, 1.82) is 0 Å². The summed E-state index contributed by atoms with van der Waals surface area (Å²) in [5, 5.41) is 4.30. The van der Waals surface area contributed by atoms with Crippen molar-refractivity contribution in [3.8, 4) is 0 Å². The Hall–Kier alpha value is -2.10. The molecule has 2 aromatic rings. The van der Waals surface area contributed by atoms with Gasteiger partial charge in [-0.3, -0.25) is 9.48 Å². The molecule has 4 heteroatoms. The van der Waals surface area contributed by atoms with E-state index >= 15 is 0 Å². The molecule has 0 N–H and O–H groups in total. The maximum atomic E-state index is 12.6. The van der Waals surface area contributed by atoms with E-state index in [9.17, 15) is 4.79 Å². The van der Waals surface area contributed by atoms with Crippen LogP contribution in [0.3, 0.4) is 0 Å². The van der Waals surface area contributed by atoms with Crippen LogP contribution in [0.25, 0.3) is 0 Å². The van der Waals surface area contributed by atoms with Gasteiger partial charge in [-0.15, -0.1) is 0 Å². The Morgan fingerprint density at radius 1 is 1.30 bits per heavy atom. The largest absolute Gasteiger partial charge is 0.336 e. The van der Waals surface area contributed by atoms with E-state index in [4.69, 9.17) is 0 Å². The molecular weight excluding hydrogens is 250 g/mol. The molecule has 0 radical (unpaired) electrons. The van der Waals surface area contributed by atoms with Crippen LogP contribution in [0, 0.1) is 6.92 Å². The molecule has 0 saturated carbocycles. The highest BCUT2D eigenvalue weighted by molar-refractivity contribution is 5.95. The molecule has 4 nitrogen and oxygen atoms in total. The maximum Gasteiger partial charge on any atom is 0.254 e. The van der Waals surface area contributed by atoms with Gasteiger partial charge in [-0.05, 0) is 37.5 Å². The average Bonchev–Trinajstić information content (AvgIpc) is 3.01. The Bertz CT molecular complexity index is 592. The minimum atomic E-state index is 0.139. The maximum absolute atomic E-state index is 12.6. The van der Waals surface area contributed by atoms with Crippen molar-refractivity contribution in [2.45, 2.75) is 25.8 Å². The van der Waals surface area contributed by atoms with Gasteiger partial charge < -0.3 is 4.90 Å². The Labute approximate surface area is 119 Å². The topological polar surface area (TPSA) is 38.1 Å². The minimum absolute atomic E-state index is 0.139. The van der Waals surface area contributed by atoms with Crippen molar-refractivity contribution in [3.05, 3.63) is 53.9 Å². The number of hydrogen-bond donors (Lipinski definition) is 0. The van der Waals surface area contributed by atoms with E-state index in [2.05, 4.69) is 5.10 Å². The number of amides is 1. The Morgan fingerprint density at radius 2 is 2.15 bits per heavy atom. The lowest BCUT2D eigenvalue weighted by molar-refractivity contribution is 0.0672. The molecule has 0 bridgehead atoms. The second kappa shape index (κ2) is 5.49. The summed E-state index contributed by atoms with van der Waals surface area (Å²) in [5.74, 6) is 0.139. The number of carbonyl (C=O) groups excluding carboxylic acids is 1. The number of piperidine rings is 1. The number of aromatic nitrogens is 2. The quantitative estimate of drug-likeness (QED) is 0.840. The second-order valence-electron chi connectivity index (χ2n) is 5.35. The molecule has 3 rings (SSSR count). The number of likely N-dealkylation sites (tertiary alicyclic amines) is 1. The van der Waals surface area contributed by atoms with Crippen molar-refractivity contribution in [3.63, 3.8) is 0 Å². The van der Waals surface area contributed by atoms with E-state index in [1.54, 1.807) is 6.20 Å². The summed E-state index contributed by atoms with van der Waals surface area (Å²) in [5.41, 5.74) is 1.85. The zero-order valence-corrected chi connectivity index (χ0v) is 11.7. The molecule has 2 heterocycles. The van der Waals surface area contributed by atoms with Gasteiger partial charge in [0, 0.05) is 31.0 Å². The first-order valence-electron chi connectivity index (χ1n) is 7.10. The summed E-state index contributed by atoms with van der Waals surface area (Å²) in [6.45, 7) is 3.57. The number of carbonyl (C=O) groups is 1. The summed E-state index contributed by atoms with van der Waals surface area (Å²) in [4.78, 5) is 14.6. The van der Waals surface area contributed by atoms with Gasteiger partial charge >= 0.3 is 0 Å². The Morgan fingerprint density at radius 3 is 2.90 bits per heavy atom. The molecule has 0 spiro atoms. The molecule has 20 heavy (non-hydrogen) atoms. The number of rotatable bonds is 2. The monoisotopic (exact) mass is 269 g/mol. The lowest BCUT2D eigenvalue weighted by atomic mass is 10.0. The number of benzene rings is 1. The average molecular weight is 269 g/mol. The van der Waals surface area contributed by atoms with E-state index in [1.165, 1.54) is 0 Å². The fourth-order valence-electron chi connectivity index (χ4n) is 2.83. The third-order valence-corrected chi connectivity index (χ3v) is 3.96. The van der Waals surface area contributed by atoms with Crippen LogP contribution in [0.15, 0.2) is 42.7 Å². The first kappa shape index (κ1) is 12.9. The van der Waals surface area contributed by atoms with Crippen molar-refractivity contribution < 1.29 is 4.79 Å². The second-order valence-corrected chi connectivity index (χ2v) is 5.35. The van der Waals surface area contributed by atoms with Gasteiger partial charge in [0.2, 0.25) is 0 Å². The molecule has 1 aliphatic heterocycles. The molecule has 0 aliphatic carbocycles. The van der Waals surface area contributed by atoms with Crippen molar-refractivity contribution in [1.82, 2.24) is 14.7 Å². The van der Waals surface area contributed by atoms with Crippen LogP contribution in [-0.4, -0.2) is 33.7 Å². The summed E-state index contributed by atoms with van der Waals surface area (Å²) < 4.78 is 1.97. The SMILES string of the molecule is Cc1ccccc1C(=O)N1CCCC(n2cccn2)C1. The summed E-state index contributed by atoms with van der Waals surface area (Å²) in [6.07, 6.45) is 5.88. The van der Waals surface area contributed by atoms with Gasteiger partial charge in [0.05, 0.1) is 6.04 Å². The first-order valence-corrected chi connectivity index (χ1v) is 7.10. The zero-order valence-electron chi connectivity index (χ0n) is 11.7. The highest BCUT2D eigenvalue weighted by atomic mass is 16.2. The van der Waals surface area contributed by atoms with Crippen LogP contribution in [0.5, 0.6) is 0 Å². The molecule has 1 aromatic heterocycles. The van der Waals surface area contributed by atoms with Gasteiger partial charge in [-0.2, -0.15) is 5.10 Å². The van der Waals surface area contributed by atoms with E-state index in [0.717, 1.165) is 37.1 Å². The van der Waals surface area contributed by atoms with Gasteiger partial charge in [0.15, 0.2) is 0 Å². The van der Waals surface area contributed by atoms with Gasteiger partial charge in [-0.25, -0.2) is 0 Å². The van der Waals surface area contributed by atoms with Gasteiger partial charge in [0.25, 0.3) is 5.91 Å². The molecular formula is C16H19N3O. The lowest BCUT2D eigenvalue weighted by Gasteiger charge is -2.33. The smallest absolute Gasteiger partial charge is 0.254 e. The standard InChI is InChI=1S/C16H19N3O/c1-13-6-2-3-8-15(13)16(20)18-10-4-7-14(12-18)19-11-5-9-17-19/h2-3,5-6,8-9,11,14H,4,7,10,12H2,1H3. The fourth-order valence-corrected chi connectivity index (χ4v) is 2.83. The van der Waals surface area contributed by atoms with Crippen LogP contribution in [0.4, 0.5) is 0 Å². The van der Waals surface area contributed by atoms with Crippen molar-refractivity contribution in [2.75, 3.05) is 13.1 Å². The predicted octanol–water partition coefficient (Wildman–Crippen LogP) is 2.67. The Balaban J connectivity index is 1.77. The molecule has 104 valence electrons. The van der Waals surface area contributed by atoms with Crippen LogP contribution in [0.1, 0.15) is 34.8 Å². The van der Waals surface area contributed by atoms with Gasteiger partial charge in [-0.1, -0.05) is 18.2 Å². The van der Waals surface area contributed by atoms with Crippen LogP contribution in [-0.2, 0) is 0 Å². The van der Waals surface area contributed by atoms with Crippen LogP contribution < -0.4 is 0 Å². The van der Waals surface area contributed by atoms with Crippen molar-refractivity contribution in [2.24, 2.45) is 0 Å². The Kier molecular flexibility index (Phi) is 3.54. The van der Waals surface area contributed by atoms with Crippen molar-refractivity contribution >= 4 is 5.91 Å². The molecule has 1 amide bonds. The number of hydrogen-bond acceptors (Lipinski definition) is 2. The van der Waals surface area contributed by atoms with Gasteiger partial charge in [0.1, 0.15) is 0 Å². The highest BCUT2D eigenvalue weighted by Crippen LogP contribution is 2.22. The molecule has 1 fully saturated rings. The molecule has 1 aromatic carbocycles. The lowest BCUT2D eigenvalue weighted by Crippen LogP contribution is -2.41. The van der Waals surface area contributed by atoms with E-state index < -0.39 is 0 Å². The highest BCUT2D eigenvalue weighted by Gasteiger charge is 2.26. The summed E-state index contributed by atoms with van der Waals surface area (Å²) in [7, 11) is 0. The number of aryl methyl sites for hydroxylation is 1. The summed E-state index contributed by atoms with van der Waals surface area (Å²) >= 11 is 0. The van der Waals surface area contributed by atoms with Crippen LogP contribution in [0.2, 0.25) is 0 Å². The molecule has 1 unspecified atom stereocenters. The zero-order chi connectivity index (χ0) is 13.9. The van der Waals surface area contributed by atoms with E-state index in [0.29, 0.717) is 6.04 Å². The predicted molar refractivity (Wildman–Crippen MR) is 77.6 cm³/mol. The minimum Gasteiger partial charge on any atom is -0.336 e. The van der Waals surface area contributed by atoms with E-state index in [-0.39, 0.29) is 5.91 Å². The molecule has 1 atom stereocenters. The molecule has 1 aliphatic rings. The fraction of sp³-hybridized carbons (Fsp3) is 0.375. The third kappa shape index (κ3) is 2.46. The first-order chi connectivity index (χ1) is 9.75. The van der Waals surface area contributed by atoms with Crippen LogP contribution >= 0.6 is 0 Å². The third-order valence-electron chi connectivity index (χ3n) is 3.96. The summed E-state index contributed by atoms with van der Waals surface area (Å²) in [6, 6.07) is 10.0. The molecule has 1 saturated heterocycles.